The van der Waals surface area contributed by atoms with E-state index in [1.807, 2.05) is 0 Å². The fraction of sp³-hybridized carbons (Fsp3) is 0.538. The predicted octanol–water partition coefficient (Wildman–Crippen LogP) is 1.53. The second-order valence-electron chi connectivity index (χ2n) is 5.17. The van der Waals surface area contributed by atoms with Crippen LogP contribution >= 0.6 is 11.6 Å². The van der Waals surface area contributed by atoms with Crippen molar-refractivity contribution in [2.75, 3.05) is 26.8 Å². The summed E-state index contributed by atoms with van der Waals surface area (Å²) in [6.07, 6.45) is 1.77. The fourth-order valence-corrected chi connectivity index (χ4v) is 3.94. The van der Waals surface area contributed by atoms with Crippen molar-refractivity contribution < 1.29 is 17.5 Å². The van der Waals surface area contributed by atoms with Crippen LogP contribution in [-0.2, 0) is 14.8 Å². The molecule has 1 fully saturated rings. The number of sulfonamides is 1. The molecule has 2 N–H and O–H groups in total. The summed E-state index contributed by atoms with van der Waals surface area (Å²) in [6, 6.07) is 3.23. The molecular formula is C13H18ClFN2O3S. The number of hydrogen-bond acceptors (Lipinski definition) is 4. The monoisotopic (exact) mass is 336 g/mol. The van der Waals surface area contributed by atoms with E-state index in [1.165, 1.54) is 6.07 Å². The largest absolute Gasteiger partial charge is 0.383 e. The molecule has 1 aromatic rings. The summed E-state index contributed by atoms with van der Waals surface area (Å²) in [5, 5.41) is 3.31. The van der Waals surface area contributed by atoms with Gasteiger partial charge in [0, 0.05) is 18.7 Å². The van der Waals surface area contributed by atoms with E-state index >= 15 is 0 Å². The van der Waals surface area contributed by atoms with Crippen molar-refractivity contribution in [3.63, 3.8) is 0 Å². The lowest BCUT2D eigenvalue weighted by Gasteiger charge is -2.28. The molecule has 1 heterocycles. The number of methoxy groups -OCH3 is 1. The maximum atomic E-state index is 13.3. The minimum atomic E-state index is -3.82. The normalized spacial score (nSPS) is 22.6. The summed E-state index contributed by atoms with van der Waals surface area (Å²) in [5.41, 5.74) is -0.418. The minimum Gasteiger partial charge on any atom is -0.383 e. The highest BCUT2D eigenvalue weighted by Gasteiger charge is 2.34. The maximum absolute atomic E-state index is 13.3. The Balaban J connectivity index is 2.13. The lowest BCUT2D eigenvalue weighted by atomic mass is 9.99. The van der Waals surface area contributed by atoms with Crippen LogP contribution in [0.4, 0.5) is 4.39 Å². The molecule has 118 valence electrons. The number of ether oxygens (including phenoxy) is 1. The quantitative estimate of drug-likeness (QED) is 0.826. The van der Waals surface area contributed by atoms with E-state index in [-0.39, 0.29) is 16.5 Å². The fourth-order valence-electron chi connectivity index (χ4n) is 2.47. The Morgan fingerprint density at radius 2 is 2.24 bits per heavy atom. The summed E-state index contributed by atoms with van der Waals surface area (Å²) in [7, 11) is -2.25. The predicted molar refractivity (Wildman–Crippen MR) is 78.4 cm³/mol. The number of rotatable bonds is 6. The van der Waals surface area contributed by atoms with E-state index in [0.717, 1.165) is 31.5 Å². The molecule has 21 heavy (non-hydrogen) atoms. The molecule has 1 saturated heterocycles. The summed E-state index contributed by atoms with van der Waals surface area (Å²) in [5.74, 6) is -0.687. The Morgan fingerprint density at radius 1 is 1.48 bits per heavy atom. The molecule has 1 aromatic carbocycles. The topological polar surface area (TPSA) is 67.4 Å². The Kier molecular flexibility index (Phi) is 5.21. The molecule has 0 aliphatic carbocycles. The van der Waals surface area contributed by atoms with Gasteiger partial charge in [-0.1, -0.05) is 11.6 Å². The van der Waals surface area contributed by atoms with Crippen LogP contribution in [0.5, 0.6) is 0 Å². The molecule has 5 nitrogen and oxygen atoms in total. The summed E-state index contributed by atoms with van der Waals surface area (Å²) in [4.78, 5) is -0.182. The number of nitrogens with one attached hydrogen (secondary N) is 2. The Labute approximate surface area is 128 Å². The lowest BCUT2D eigenvalue weighted by molar-refractivity contribution is 0.122. The molecule has 0 radical (unpaired) electrons. The molecule has 0 saturated carbocycles. The van der Waals surface area contributed by atoms with E-state index < -0.39 is 21.4 Å². The van der Waals surface area contributed by atoms with E-state index in [0.29, 0.717) is 6.61 Å². The van der Waals surface area contributed by atoms with E-state index in [2.05, 4.69) is 10.0 Å². The van der Waals surface area contributed by atoms with Crippen LogP contribution in [0.3, 0.4) is 0 Å². The first-order valence-corrected chi connectivity index (χ1v) is 8.43. The zero-order valence-electron chi connectivity index (χ0n) is 11.7. The smallest absolute Gasteiger partial charge is 0.240 e. The highest BCUT2D eigenvalue weighted by molar-refractivity contribution is 7.89. The van der Waals surface area contributed by atoms with Crippen molar-refractivity contribution in [1.82, 2.24) is 10.0 Å². The van der Waals surface area contributed by atoms with E-state index in [9.17, 15) is 12.8 Å². The first kappa shape index (κ1) is 16.6. The van der Waals surface area contributed by atoms with Gasteiger partial charge in [0.15, 0.2) is 0 Å². The summed E-state index contributed by atoms with van der Waals surface area (Å²) in [6.45, 7) is 1.40. The van der Waals surface area contributed by atoms with E-state index in [1.54, 1.807) is 7.11 Å². The zero-order valence-corrected chi connectivity index (χ0v) is 13.2. The van der Waals surface area contributed by atoms with Crippen molar-refractivity contribution in [2.45, 2.75) is 23.3 Å². The van der Waals surface area contributed by atoms with Gasteiger partial charge in [-0.05, 0) is 37.6 Å². The van der Waals surface area contributed by atoms with Gasteiger partial charge < -0.3 is 10.1 Å². The second kappa shape index (κ2) is 6.58. The zero-order chi connectivity index (χ0) is 15.5. The molecule has 0 bridgehead atoms. The molecule has 0 spiro atoms. The molecule has 8 heteroatoms. The standard InChI is InChI=1S/C13H18ClFN2O3S/c1-20-9-13(3-2-4-16-13)8-17-21(18,19)12-6-10(14)5-11(15)7-12/h5-7,16-17H,2-4,8-9H2,1H3. The number of hydrogen-bond donors (Lipinski definition) is 2. The third kappa shape index (κ3) is 4.14. The van der Waals surface area contributed by atoms with Gasteiger partial charge in [-0.25, -0.2) is 17.5 Å². The molecule has 0 aromatic heterocycles. The highest BCUT2D eigenvalue weighted by Crippen LogP contribution is 2.21. The van der Waals surface area contributed by atoms with Crippen LogP contribution in [0.15, 0.2) is 23.1 Å². The third-order valence-corrected chi connectivity index (χ3v) is 5.10. The Morgan fingerprint density at radius 3 is 2.81 bits per heavy atom. The molecule has 0 amide bonds. The molecule has 1 unspecified atom stereocenters. The van der Waals surface area contributed by atoms with Crippen LogP contribution in [0.2, 0.25) is 5.02 Å². The van der Waals surface area contributed by atoms with Crippen LogP contribution in [0, 0.1) is 5.82 Å². The molecule has 1 atom stereocenters. The Bertz CT molecular complexity index is 583. The summed E-state index contributed by atoms with van der Waals surface area (Å²) >= 11 is 5.70. The molecule has 1 aliphatic rings. The molecule has 1 aliphatic heterocycles. The van der Waals surface area contributed by atoms with Gasteiger partial charge in [0.25, 0.3) is 0 Å². The van der Waals surface area contributed by atoms with Gasteiger partial charge in [0.2, 0.25) is 10.0 Å². The van der Waals surface area contributed by atoms with Crippen molar-refractivity contribution in [1.29, 1.82) is 0 Å². The minimum absolute atomic E-state index is 0.0426. The van der Waals surface area contributed by atoms with Gasteiger partial charge in [0.05, 0.1) is 17.0 Å². The van der Waals surface area contributed by atoms with Crippen LogP contribution in [0.1, 0.15) is 12.8 Å². The SMILES string of the molecule is COCC1(CNS(=O)(=O)c2cc(F)cc(Cl)c2)CCCN1. The second-order valence-corrected chi connectivity index (χ2v) is 7.38. The van der Waals surface area contributed by atoms with Crippen molar-refractivity contribution in [3.8, 4) is 0 Å². The average molecular weight is 337 g/mol. The van der Waals surface area contributed by atoms with Gasteiger partial charge in [-0.2, -0.15) is 0 Å². The first-order chi connectivity index (χ1) is 9.87. The molecule has 2 rings (SSSR count). The van der Waals surface area contributed by atoms with Crippen molar-refractivity contribution in [2.24, 2.45) is 0 Å². The van der Waals surface area contributed by atoms with Crippen molar-refractivity contribution >= 4 is 21.6 Å². The highest BCUT2D eigenvalue weighted by atomic mass is 35.5. The number of benzene rings is 1. The van der Waals surface area contributed by atoms with Gasteiger partial charge in [-0.15, -0.1) is 0 Å². The number of halogens is 2. The Hall–Kier alpha value is -0.730. The van der Waals surface area contributed by atoms with E-state index in [4.69, 9.17) is 16.3 Å². The summed E-state index contributed by atoms with van der Waals surface area (Å²) < 4.78 is 45.4. The van der Waals surface area contributed by atoms with Crippen LogP contribution in [0.25, 0.3) is 0 Å². The van der Waals surface area contributed by atoms with Crippen LogP contribution < -0.4 is 10.0 Å². The molecular weight excluding hydrogens is 319 g/mol. The lowest BCUT2D eigenvalue weighted by Crippen LogP contribution is -2.52. The van der Waals surface area contributed by atoms with Crippen LogP contribution in [-0.4, -0.2) is 40.8 Å². The van der Waals surface area contributed by atoms with Gasteiger partial charge >= 0.3 is 0 Å². The van der Waals surface area contributed by atoms with Gasteiger partial charge in [-0.3, -0.25) is 0 Å². The third-order valence-electron chi connectivity index (χ3n) is 3.50. The first-order valence-electron chi connectivity index (χ1n) is 6.57. The average Bonchev–Trinajstić information content (AvgIpc) is 2.85. The van der Waals surface area contributed by atoms with Crippen molar-refractivity contribution in [3.05, 3.63) is 29.0 Å². The van der Waals surface area contributed by atoms with Gasteiger partial charge in [0.1, 0.15) is 5.82 Å². The maximum Gasteiger partial charge on any atom is 0.240 e.